The fourth-order valence-corrected chi connectivity index (χ4v) is 10.7. The highest BCUT2D eigenvalue weighted by Crippen LogP contribution is 2.69. The molecule has 1 aliphatic heterocycles. The van der Waals surface area contributed by atoms with Crippen LogP contribution in [0, 0.1) is 58.2 Å². The molecule has 0 bridgehead atoms. The first-order valence-electron chi connectivity index (χ1n) is 14.4. The maximum Gasteiger partial charge on any atom is 0.0875 e. The molecule has 0 radical (unpaired) electrons. The van der Waals surface area contributed by atoms with Crippen molar-refractivity contribution in [2.24, 2.45) is 58.2 Å². The lowest BCUT2D eigenvalue weighted by atomic mass is 9.44. The normalized spacial score (nSPS) is 52.1. The van der Waals surface area contributed by atoms with Crippen molar-refractivity contribution in [3.05, 3.63) is 0 Å². The summed E-state index contributed by atoms with van der Waals surface area (Å²) in [5.74, 6) is 6.62. The Labute approximate surface area is 199 Å². The van der Waals surface area contributed by atoms with E-state index in [9.17, 15) is 0 Å². The van der Waals surface area contributed by atoms with Gasteiger partial charge in [-0.05, 0) is 103 Å². The first-order valence-corrected chi connectivity index (χ1v) is 14.4. The molecular weight excluding hydrogens is 392 g/mol. The van der Waals surface area contributed by atoms with E-state index in [1.807, 2.05) is 7.11 Å². The highest BCUT2D eigenvalue weighted by Gasteiger charge is 2.63. The average molecular weight is 445 g/mol. The van der Waals surface area contributed by atoms with Crippen molar-refractivity contribution >= 4 is 0 Å². The molecule has 1 saturated heterocycles. The SMILES string of the molecule is CCC(C(C)C)C1OC1C(C)C1CCC2C3CC(OC)C4CCCCC4(C)C3CCC12C. The first kappa shape index (κ1) is 23.7. The lowest BCUT2D eigenvalue weighted by molar-refractivity contribution is -0.167. The molecule has 12 atom stereocenters. The van der Waals surface area contributed by atoms with Gasteiger partial charge in [0.1, 0.15) is 0 Å². The third-order valence-electron chi connectivity index (χ3n) is 12.4. The highest BCUT2D eigenvalue weighted by molar-refractivity contribution is 5.12. The molecule has 0 aromatic heterocycles. The molecular formula is C30H52O2. The summed E-state index contributed by atoms with van der Waals surface area (Å²) in [6.07, 6.45) is 15.7. The molecule has 5 aliphatic rings. The molecule has 0 spiro atoms. The van der Waals surface area contributed by atoms with Crippen LogP contribution in [0.4, 0.5) is 0 Å². The smallest absolute Gasteiger partial charge is 0.0875 e. The van der Waals surface area contributed by atoms with E-state index >= 15 is 0 Å². The molecule has 0 aromatic carbocycles. The molecule has 1 heterocycles. The molecule has 4 aliphatic carbocycles. The molecule has 12 unspecified atom stereocenters. The van der Waals surface area contributed by atoms with Gasteiger partial charge < -0.3 is 9.47 Å². The Bertz CT molecular complexity index is 674. The third kappa shape index (κ3) is 3.47. The molecule has 4 saturated carbocycles. The summed E-state index contributed by atoms with van der Waals surface area (Å²) >= 11 is 0. The minimum atomic E-state index is 0.507. The Morgan fingerprint density at radius 2 is 1.62 bits per heavy atom. The third-order valence-corrected chi connectivity index (χ3v) is 12.4. The minimum absolute atomic E-state index is 0.507. The monoisotopic (exact) mass is 444 g/mol. The highest BCUT2D eigenvalue weighted by atomic mass is 16.6. The molecule has 32 heavy (non-hydrogen) atoms. The van der Waals surface area contributed by atoms with Crippen LogP contribution in [0.5, 0.6) is 0 Å². The van der Waals surface area contributed by atoms with E-state index in [2.05, 4.69) is 41.5 Å². The van der Waals surface area contributed by atoms with Crippen LogP contribution in [0.25, 0.3) is 0 Å². The van der Waals surface area contributed by atoms with Crippen LogP contribution in [-0.4, -0.2) is 25.4 Å². The summed E-state index contributed by atoms with van der Waals surface area (Å²) in [7, 11) is 2.00. The molecule has 0 N–H and O–H groups in total. The summed E-state index contributed by atoms with van der Waals surface area (Å²) < 4.78 is 12.7. The standard InChI is InChI=1S/C30H52O2/c1-8-20(18(2)3)28-27(32-28)19(4)22-12-13-23-21-17-26(31-7)25-11-9-10-15-29(25,5)24(21)14-16-30(22,23)6/h18-28H,8-17H2,1-7H3. The van der Waals surface area contributed by atoms with Crippen LogP contribution in [0.15, 0.2) is 0 Å². The summed E-state index contributed by atoms with van der Waals surface area (Å²) in [6.45, 7) is 15.1. The van der Waals surface area contributed by atoms with Gasteiger partial charge in [0.15, 0.2) is 0 Å². The summed E-state index contributed by atoms with van der Waals surface area (Å²) in [5.41, 5.74) is 1.05. The fourth-order valence-electron chi connectivity index (χ4n) is 10.7. The second-order valence-electron chi connectivity index (χ2n) is 13.7. The van der Waals surface area contributed by atoms with E-state index in [1.54, 1.807) is 0 Å². The maximum absolute atomic E-state index is 6.44. The zero-order chi connectivity index (χ0) is 22.8. The average Bonchev–Trinajstić information content (AvgIpc) is 3.46. The van der Waals surface area contributed by atoms with Crippen molar-refractivity contribution in [3.8, 4) is 0 Å². The van der Waals surface area contributed by atoms with Gasteiger partial charge in [-0.3, -0.25) is 0 Å². The van der Waals surface area contributed by atoms with Crippen molar-refractivity contribution in [1.29, 1.82) is 0 Å². The van der Waals surface area contributed by atoms with Gasteiger partial charge in [0.05, 0.1) is 18.3 Å². The fraction of sp³-hybridized carbons (Fsp3) is 1.00. The number of epoxide rings is 1. The van der Waals surface area contributed by atoms with Crippen LogP contribution in [0.2, 0.25) is 0 Å². The Hall–Kier alpha value is -0.0800. The molecule has 2 heteroatoms. The van der Waals surface area contributed by atoms with E-state index in [1.165, 1.54) is 64.2 Å². The lowest BCUT2D eigenvalue weighted by Crippen LogP contribution is -2.57. The number of hydrogen-bond acceptors (Lipinski definition) is 2. The number of methoxy groups -OCH3 is 1. The number of fused-ring (bicyclic) bond motifs is 5. The lowest BCUT2D eigenvalue weighted by Gasteiger charge is -2.62. The second-order valence-corrected chi connectivity index (χ2v) is 13.7. The molecule has 2 nitrogen and oxygen atoms in total. The number of rotatable bonds is 6. The van der Waals surface area contributed by atoms with E-state index in [0.29, 0.717) is 29.1 Å². The first-order chi connectivity index (χ1) is 15.3. The van der Waals surface area contributed by atoms with E-state index in [4.69, 9.17) is 9.47 Å². The van der Waals surface area contributed by atoms with Crippen LogP contribution in [-0.2, 0) is 9.47 Å². The Balaban J connectivity index is 1.34. The topological polar surface area (TPSA) is 21.8 Å². The molecule has 0 aromatic rings. The largest absolute Gasteiger partial charge is 0.381 e. The summed E-state index contributed by atoms with van der Waals surface area (Å²) in [5, 5.41) is 0. The zero-order valence-corrected chi connectivity index (χ0v) is 22.2. The van der Waals surface area contributed by atoms with Crippen LogP contribution < -0.4 is 0 Å². The Morgan fingerprint density at radius 3 is 2.31 bits per heavy atom. The van der Waals surface area contributed by atoms with Gasteiger partial charge in [-0.25, -0.2) is 0 Å². The van der Waals surface area contributed by atoms with E-state index in [0.717, 1.165) is 47.3 Å². The van der Waals surface area contributed by atoms with Crippen molar-refractivity contribution in [3.63, 3.8) is 0 Å². The number of ether oxygens (including phenoxy) is 2. The molecule has 0 amide bonds. The zero-order valence-electron chi connectivity index (χ0n) is 22.2. The number of hydrogen-bond donors (Lipinski definition) is 0. The van der Waals surface area contributed by atoms with Crippen molar-refractivity contribution in [2.75, 3.05) is 7.11 Å². The molecule has 184 valence electrons. The van der Waals surface area contributed by atoms with E-state index < -0.39 is 0 Å². The van der Waals surface area contributed by atoms with Gasteiger partial charge in [0, 0.05) is 7.11 Å². The van der Waals surface area contributed by atoms with Crippen LogP contribution in [0.3, 0.4) is 0 Å². The van der Waals surface area contributed by atoms with Gasteiger partial charge in [-0.1, -0.05) is 60.8 Å². The van der Waals surface area contributed by atoms with Crippen LogP contribution >= 0.6 is 0 Å². The van der Waals surface area contributed by atoms with Gasteiger partial charge in [0.25, 0.3) is 0 Å². The predicted molar refractivity (Wildman–Crippen MR) is 132 cm³/mol. The Morgan fingerprint density at radius 1 is 0.875 bits per heavy atom. The Kier molecular flexibility index (Phi) is 6.31. The van der Waals surface area contributed by atoms with Crippen molar-refractivity contribution in [1.82, 2.24) is 0 Å². The maximum atomic E-state index is 6.44. The van der Waals surface area contributed by atoms with Gasteiger partial charge in [-0.15, -0.1) is 0 Å². The predicted octanol–water partition coefficient (Wildman–Crippen LogP) is 7.75. The van der Waals surface area contributed by atoms with Gasteiger partial charge in [0.2, 0.25) is 0 Å². The van der Waals surface area contributed by atoms with Crippen molar-refractivity contribution in [2.45, 2.75) is 124 Å². The summed E-state index contributed by atoms with van der Waals surface area (Å²) in [6, 6.07) is 0. The van der Waals surface area contributed by atoms with Gasteiger partial charge in [-0.2, -0.15) is 0 Å². The van der Waals surface area contributed by atoms with E-state index in [-0.39, 0.29) is 0 Å². The van der Waals surface area contributed by atoms with Gasteiger partial charge >= 0.3 is 0 Å². The molecule has 5 fully saturated rings. The van der Waals surface area contributed by atoms with Crippen molar-refractivity contribution < 1.29 is 9.47 Å². The summed E-state index contributed by atoms with van der Waals surface area (Å²) in [4.78, 5) is 0. The quantitative estimate of drug-likeness (QED) is 0.391. The minimum Gasteiger partial charge on any atom is -0.381 e. The van der Waals surface area contributed by atoms with Crippen LogP contribution in [0.1, 0.15) is 106 Å². The second kappa shape index (κ2) is 8.54. The molecule has 5 rings (SSSR count).